The zero-order valence-corrected chi connectivity index (χ0v) is 16.4. The highest BCUT2D eigenvalue weighted by Crippen LogP contribution is 2.26. The molecule has 1 atom stereocenters. The second-order valence-corrected chi connectivity index (χ2v) is 7.56. The highest BCUT2D eigenvalue weighted by Gasteiger charge is 2.19. The lowest BCUT2D eigenvalue weighted by molar-refractivity contribution is -0.122. The van der Waals surface area contributed by atoms with Crippen LogP contribution in [0.3, 0.4) is 0 Å². The molecule has 2 aromatic carbocycles. The van der Waals surface area contributed by atoms with Crippen molar-refractivity contribution in [3.63, 3.8) is 0 Å². The van der Waals surface area contributed by atoms with Gasteiger partial charge in [0.25, 0.3) is 0 Å². The summed E-state index contributed by atoms with van der Waals surface area (Å²) in [5.41, 5.74) is 2.78. The van der Waals surface area contributed by atoms with Crippen LogP contribution in [0, 0.1) is 12.7 Å². The van der Waals surface area contributed by atoms with Gasteiger partial charge in [-0.15, -0.1) is 21.5 Å². The largest absolute Gasteiger partial charge is 0.343 e. The van der Waals surface area contributed by atoms with E-state index in [9.17, 15) is 9.18 Å². The molecule has 2 heterocycles. The lowest BCUT2D eigenvalue weighted by Gasteiger charge is -2.18. The third-order valence-electron chi connectivity index (χ3n) is 4.38. The molecule has 0 fully saturated rings. The molecule has 6 nitrogen and oxygen atoms in total. The van der Waals surface area contributed by atoms with Gasteiger partial charge in [0.05, 0.1) is 6.04 Å². The van der Waals surface area contributed by atoms with Crippen molar-refractivity contribution in [3.8, 4) is 11.4 Å². The number of benzene rings is 2. The zero-order chi connectivity index (χ0) is 20.2. The number of aryl methyl sites for hydroxylation is 1. The van der Waals surface area contributed by atoms with Crippen LogP contribution in [-0.2, 0) is 11.3 Å². The average molecular weight is 407 g/mol. The molecule has 0 saturated carbocycles. The Labute approximate surface area is 171 Å². The van der Waals surface area contributed by atoms with Crippen LogP contribution in [0.1, 0.15) is 22.0 Å². The molecule has 0 saturated heterocycles. The summed E-state index contributed by atoms with van der Waals surface area (Å²) in [6, 6.07) is 17.3. The summed E-state index contributed by atoms with van der Waals surface area (Å²) in [5.74, 6) is -0.118. The monoisotopic (exact) mass is 407 g/mol. The Kier molecular flexibility index (Phi) is 5.44. The van der Waals surface area contributed by atoms with Crippen LogP contribution < -0.4 is 5.32 Å². The third-order valence-corrected chi connectivity index (χ3v) is 5.32. The predicted molar refractivity (Wildman–Crippen MR) is 109 cm³/mol. The van der Waals surface area contributed by atoms with Crippen LogP contribution in [0.2, 0.25) is 0 Å². The van der Waals surface area contributed by atoms with E-state index in [1.807, 2.05) is 48.7 Å². The fourth-order valence-electron chi connectivity index (χ4n) is 2.89. The fraction of sp³-hybridized carbons (Fsp3) is 0.143. The summed E-state index contributed by atoms with van der Waals surface area (Å²) >= 11 is 1.52. The number of nitrogens with one attached hydrogen (secondary N) is 1. The summed E-state index contributed by atoms with van der Waals surface area (Å²) in [4.78, 5) is 14.9. The van der Waals surface area contributed by atoms with E-state index in [4.69, 9.17) is 0 Å². The van der Waals surface area contributed by atoms with Crippen molar-refractivity contribution in [1.29, 1.82) is 0 Å². The first-order chi connectivity index (χ1) is 14.1. The van der Waals surface area contributed by atoms with Gasteiger partial charge in [0.15, 0.2) is 0 Å². The van der Waals surface area contributed by atoms with E-state index >= 15 is 0 Å². The molecular formula is C21H18FN5OS. The predicted octanol–water partition coefficient (Wildman–Crippen LogP) is 3.75. The van der Waals surface area contributed by atoms with Gasteiger partial charge in [0.2, 0.25) is 11.7 Å². The first kappa shape index (κ1) is 18.9. The van der Waals surface area contributed by atoms with Gasteiger partial charge in [0, 0.05) is 10.4 Å². The molecule has 2 aromatic heterocycles. The molecule has 4 aromatic rings. The Morgan fingerprint density at radius 2 is 1.90 bits per heavy atom. The van der Waals surface area contributed by atoms with E-state index in [0.29, 0.717) is 5.82 Å². The minimum Gasteiger partial charge on any atom is -0.343 e. The summed E-state index contributed by atoms with van der Waals surface area (Å²) < 4.78 is 13.3. The first-order valence-electron chi connectivity index (χ1n) is 9.01. The Balaban J connectivity index is 1.48. The fourth-order valence-corrected chi connectivity index (χ4v) is 3.70. The number of halogens is 1. The normalized spacial score (nSPS) is 11.9. The van der Waals surface area contributed by atoms with E-state index in [0.717, 1.165) is 21.6 Å². The van der Waals surface area contributed by atoms with Crippen molar-refractivity contribution in [3.05, 3.63) is 87.9 Å². The summed E-state index contributed by atoms with van der Waals surface area (Å²) in [5, 5.41) is 17.2. The van der Waals surface area contributed by atoms with Crippen LogP contribution >= 0.6 is 11.3 Å². The zero-order valence-electron chi connectivity index (χ0n) is 15.6. The minimum atomic E-state index is -0.372. The highest BCUT2D eigenvalue weighted by molar-refractivity contribution is 7.10. The van der Waals surface area contributed by atoms with Crippen molar-refractivity contribution in [2.24, 2.45) is 0 Å². The lowest BCUT2D eigenvalue weighted by Crippen LogP contribution is -2.32. The number of nitrogens with zero attached hydrogens (tertiary/aromatic N) is 4. The Morgan fingerprint density at radius 3 is 2.59 bits per heavy atom. The van der Waals surface area contributed by atoms with Gasteiger partial charge in [-0.2, -0.15) is 4.80 Å². The molecule has 8 heteroatoms. The maximum Gasteiger partial charge on any atom is 0.244 e. The number of hydrogen-bond donors (Lipinski definition) is 1. The second kappa shape index (κ2) is 8.32. The van der Waals surface area contributed by atoms with Gasteiger partial charge in [-0.3, -0.25) is 4.79 Å². The van der Waals surface area contributed by atoms with Crippen LogP contribution in [-0.4, -0.2) is 26.1 Å². The van der Waals surface area contributed by atoms with Crippen molar-refractivity contribution in [2.45, 2.75) is 19.5 Å². The molecule has 1 amide bonds. The van der Waals surface area contributed by atoms with Crippen LogP contribution in [0.15, 0.2) is 66.0 Å². The number of thiophene rings is 1. The minimum absolute atomic E-state index is 0.0675. The first-order valence-corrected chi connectivity index (χ1v) is 9.89. The molecule has 0 unspecified atom stereocenters. The van der Waals surface area contributed by atoms with Crippen LogP contribution in [0.4, 0.5) is 4.39 Å². The number of aromatic nitrogens is 4. The molecule has 29 heavy (non-hydrogen) atoms. The van der Waals surface area contributed by atoms with Gasteiger partial charge in [0.1, 0.15) is 12.4 Å². The lowest BCUT2D eigenvalue weighted by atomic mass is 10.1. The third kappa shape index (κ3) is 4.55. The molecule has 4 rings (SSSR count). The SMILES string of the molecule is Cc1ccc(-c2nnn(CC(=O)N[C@H](c3ccc(F)cc3)c3cccs3)n2)cc1. The number of hydrogen-bond acceptors (Lipinski definition) is 5. The van der Waals surface area contributed by atoms with Crippen molar-refractivity contribution >= 4 is 17.2 Å². The standard InChI is InChI=1S/C21H18FN5OS/c1-14-4-6-16(7-5-14)21-24-26-27(25-21)13-19(28)23-20(18-3-2-12-29-18)15-8-10-17(22)11-9-15/h2-12,20H,13H2,1H3,(H,23,28)/t20-/m1/s1. The number of tetrazole rings is 1. The van der Waals surface area contributed by atoms with E-state index in [1.165, 1.54) is 28.3 Å². The number of amides is 1. The Morgan fingerprint density at radius 1 is 1.14 bits per heavy atom. The smallest absolute Gasteiger partial charge is 0.244 e. The van der Waals surface area contributed by atoms with Crippen LogP contribution in [0.5, 0.6) is 0 Å². The summed E-state index contributed by atoms with van der Waals surface area (Å²) in [6.45, 7) is 1.94. The number of carbonyl (C=O) groups excluding carboxylic acids is 1. The van der Waals surface area contributed by atoms with Gasteiger partial charge in [-0.1, -0.05) is 48.0 Å². The molecule has 146 valence electrons. The van der Waals surface area contributed by atoms with E-state index in [-0.39, 0.29) is 24.3 Å². The average Bonchev–Trinajstić information content (AvgIpc) is 3.40. The maximum absolute atomic E-state index is 13.3. The Bertz CT molecular complexity index is 1090. The number of carbonyl (C=O) groups is 1. The van der Waals surface area contributed by atoms with Gasteiger partial charge < -0.3 is 5.32 Å². The van der Waals surface area contributed by atoms with Crippen LogP contribution in [0.25, 0.3) is 11.4 Å². The topological polar surface area (TPSA) is 72.7 Å². The molecule has 0 aliphatic heterocycles. The molecule has 0 radical (unpaired) electrons. The van der Waals surface area contributed by atoms with Gasteiger partial charge in [-0.25, -0.2) is 4.39 Å². The number of rotatable bonds is 6. The van der Waals surface area contributed by atoms with Crippen molar-refractivity contribution in [1.82, 2.24) is 25.5 Å². The molecular weight excluding hydrogens is 389 g/mol. The van der Waals surface area contributed by atoms with Crippen molar-refractivity contribution < 1.29 is 9.18 Å². The van der Waals surface area contributed by atoms with E-state index in [1.54, 1.807) is 12.1 Å². The molecule has 0 aliphatic carbocycles. The second-order valence-electron chi connectivity index (χ2n) is 6.58. The molecule has 1 N–H and O–H groups in total. The quantitative estimate of drug-likeness (QED) is 0.528. The highest BCUT2D eigenvalue weighted by atomic mass is 32.1. The van der Waals surface area contributed by atoms with Crippen molar-refractivity contribution in [2.75, 3.05) is 0 Å². The van der Waals surface area contributed by atoms with Gasteiger partial charge >= 0.3 is 0 Å². The summed E-state index contributed by atoms with van der Waals surface area (Å²) in [7, 11) is 0. The maximum atomic E-state index is 13.3. The summed E-state index contributed by atoms with van der Waals surface area (Å²) in [6.07, 6.45) is 0. The Hall–Kier alpha value is -3.39. The van der Waals surface area contributed by atoms with E-state index in [2.05, 4.69) is 20.7 Å². The molecule has 0 spiro atoms. The van der Waals surface area contributed by atoms with E-state index < -0.39 is 0 Å². The molecule has 0 bridgehead atoms. The van der Waals surface area contributed by atoms with Gasteiger partial charge in [-0.05, 0) is 41.3 Å². The molecule has 0 aliphatic rings.